The minimum Gasteiger partial charge on any atom is -0.248 e. The third-order valence-corrected chi connectivity index (χ3v) is 7.19. The fourth-order valence-corrected chi connectivity index (χ4v) is 5.14. The van der Waals surface area contributed by atoms with Gasteiger partial charge in [0.15, 0.2) is 0 Å². The molecule has 4 heteroatoms. The van der Waals surface area contributed by atoms with Crippen LogP contribution in [0.4, 0.5) is 0 Å². The molecule has 6 aromatic rings. The number of rotatable bonds is 3. The summed E-state index contributed by atoms with van der Waals surface area (Å²) in [7, 11) is 0. The largest absolute Gasteiger partial charge is 0.248 e. The van der Waals surface area contributed by atoms with Crippen LogP contribution in [0.3, 0.4) is 0 Å². The van der Waals surface area contributed by atoms with Crippen LogP contribution in [0, 0.1) is 0 Å². The maximum Gasteiger partial charge on any atom is 0.135 e. The van der Waals surface area contributed by atoms with E-state index in [1.54, 1.807) is 0 Å². The Kier molecular flexibility index (Phi) is 6.22. The molecule has 40 heavy (non-hydrogen) atoms. The lowest BCUT2D eigenvalue weighted by atomic mass is 9.88. The van der Waals surface area contributed by atoms with E-state index in [9.17, 15) is 0 Å². The molecule has 0 aliphatic heterocycles. The van der Waals surface area contributed by atoms with Crippen LogP contribution >= 0.6 is 0 Å². The molecule has 6 rings (SSSR count). The number of hydrogen-bond acceptors (Lipinski definition) is 4. The highest BCUT2D eigenvalue weighted by molar-refractivity contribution is 6.05. The Bertz CT molecular complexity index is 1840. The van der Waals surface area contributed by atoms with Gasteiger partial charge in [-0.15, -0.1) is 0 Å². The van der Waals surface area contributed by atoms with Crippen LogP contribution in [0.5, 0.6) is 0 Å². The lowest BCUT2D eigenvalue weighted by Crippen LogP contribution is -2.17. The average Bonchev–Trinajstić information content (AvgIpc) is 2.95. The van der Waals surface area contributed by atoms with Gasteiger partial charge in [0.05, 0.1) is 33.6 Å². The maximum atomic E-state index is 5.35. The smallest absolute Gasteiger partial charge is 0.135 e. The molecule has 0 aliphatic rings. The molecule has 0 fully saturated rings. The first-order valence-electron chi connectivity index (χ1n) is 13.8. The predicted octanol–water partition coefficient (Wildman–Crippen LogP) is 9.17. The molecule has 0 saturated heterocycles. The van der Waals surface area contributed by atoms with Crippen molar-refractivity contribution in [2.45, 2.75) is 52.4 Å². The van der Waals surface area contributed by atoms with Crippen molar-refractivity contribution in [2.75, 3.05) is 0 Å². The van der Waals surface area contributed by atoms with E-state index in [2.05, 4.69) is 126 Å². The Hall–Kier alpha value is -4.44. The number of fused-ring (bicyclic) bond motifs is 2. The highest BCUT2D eigenvalue weighted by atomic mass is 14.9. The van der Waals surface area contributed by atoms with Crippen LogP contribution in [0.25, 0.3) is 55.6 Å². The van der Waals surface area contributed by atoms with Gasteiger partial charge < -0.3 is 0 Å². The zero-order valence-electron chi connectivity index (χ0n) is 24.0. The second kappa shape index (κ2) is 9.63. The summed E-state index contributed by atoms with van der Waals surface area (Å²) in [6.07, 6.45) is 0. The van der Waals surface area contributed by atoms with E-state index in [4.69, 9.17) is 19.9 Å². The zero-order chi connectivity index (χ0) is 28.1. The summed E-state index contributed by atoms with van der Waals surface area (Å²) >= 11 is 0. The molecule has 0 atom stereocenters. The van der Waals surface area contributed by atoms with E-state index in [-0.39, 0.29) is 10.8 Å². The Morgan fingerprint density at radius 2 is 1.02 bits per heavy atom. The number of aromatic nitrogens is 4. The molecule has 4 nitrogen and oxygen atoms in total. The van der Waals surface area contributed by atoms with Crippen molar-refractivity contribution in [1.82, 2.24) is 19.9 Å². The van der Waals surface area contributed by atoms with E-state index < -0.39 is 0 Å². The molecule has 0 spiro atoms. The van der Waals surface area contributed by atoms with Crippen LogP contribution < -0.4 is 0 Å². The van der Waals surface area contributed by atoms with Gasteiger partial charge >= 0.3 is 0 Å². The van der Waals surface area contributed by atoms with Gasteiger partial charge in [0.2, 0.25) is 0 Å². The lowest BCUT2D eigenvalue weighted by Gasteiger charge is -2.23. The van der Waals surface area contributed by atoms with Gasteiger partial charge in [0.1, 0.15) is 5.82 Å². The monoisotopic (exact) mass is 522 g/mol. The van der Waals surface area contributed by atoms with Crippen LogP contribution in [-0.4, -0.2) is 19.9 Å². The van der Waals surface area contributed by atoms with Crippen molar-refractivity contribution in [1.29, 1.82) is 0 Å². The average molecular weight is 523 g/mol. The topological polar surface area (TPSA) is 51.6 Å². The van der Waals surface area contributed by atoms with Crippen molar-refractivity contribution < 1.29 is 0 Å². The Morgan fingerprint density at radius 3 is 1.62 bits per heavy atom. The summed E-state index contributed by atoms with van der Waals surface area (Å²) in [4.78, 5) is 20.8. The fraction of sp³-hybridized carbons (Fsp3) is 0.222. The van der Waals surface area contributed by atoms with Gasteiger partial charge in [-0.05, 0) is 6.07 Å². The molecular formula is C36H34N4. The first-order chi connectivity index (χ1) is 19.1. The first kappa shape index (κ1) is 25.8. The third-order valence-electron chi connectivity index (χ3n) is 7.19. The first-order valence-corrected chi connectivity index (χ1v) is 13.8. The Morgan fingerprint density at radius 1 is 0.450 bits per heavy atom. The molecule has 0 bridgehead atoms. The molecule has 0 amide bonds. The number of para-hydroxylation sites is 2. The summed E-state index contributed by atoms with van der Waals surface area (Å²) in [6, 6.07) is 33.4. The highest BCUT2D eigenvalue weighted by Crippen LogP contribution is 2.39. The standard InChI is InChI=1S/C36H34N4/c1-35(2,3)33-30(24-17-11-8-12-18-24)37-28-22-14-20-26(32(28)38-33)25-19-13-21-27-29(23-15-9-7-10-16-23)39-34(36(4,5)6)40-31(25)27/h7-22H,1-6H3. The van der Waals surface area contributed by atoms with E-state index in [0.29, 0.717) is 0 Å². The summed E-state index contributed by atoms with van der Waals surface area (Å²) < 4.78 is 0. The van der Waals surface area contributed by atoms with Gasteiger partial charge in [0.25, 0.3) is 0 Å². The molecule has 0 aliphatic carbocycles. The van der Waals surface area contributed by atoms with Gasteiger partial charge in [-0.25, -0.2) is 19.9 Å². The van der Waals surface area contributed by atoms with Crippen LogP contribution in [0.2, 0.25) is 0 Å². The van der Waals surface area contributed by atoms with E-state index in [1.807, 2.05) is 12.1 Å². The Balaban J connectivity index is 1.68. The molecule has 0 saturated carbocycles. The minimum atomic E-state index is -0.215. The molecule has 0 unspecified atom stereocenters. The number of hydrogen-bond donors (Lipinski definition) is 0. The van der Waals surface area contributed by atoms with Crippen molar-refractivity contribution >= 4 is 21.9 Å². The van der Waals surface area contributed by atoms with Gasteiger partial charge in [-0.1, -0.05) is 133 Å². The van der Waals surface area contributed by atoms with Gasteiger partial charge in [-0.3, -0.25) is 0 Å². The molecule has 2 heterocycles. The SMILES string of the molecule is CC(C)(C)c1nc(-c2ccccc2)c2cccc(-c3cccc4nc(-c5ccccc5)c(C(C)(C)C)nc34)c2n1. The Labute approximate surface area is 236 Å². The van der Waals surface area contributed by atoms with Gasteiger partial charge in [0, 0.05) is 38.5 Å². The lowest BCUT2D eigenvalue weighted by molar-refractivity contribution is 0.549. The zero-order valence-corrected chi connectivity index (χ0v) is 24.0. The second-order valence-corrected chi connectivity index (χ2v) is 12.4. The molecule has 4 aromatic carbocycles. The van der Waals surface area contributed by atoms with Crippen LogP contribution in [0.15, 0.2) is 97.1 Å². The van der Waals surface area contributed by atoms with Crippen LogP contribution in [0.1, 0.15) is 53.1 Å². The summed E-state index contributed by atoms with van der Waals surface area (Å²) in [5.74, 6) is 0.819. The maximum absolute atomic E-state index is 5.35. The van der Waals surface area contributed by atoms with E-state index in [0.717, 1.165) is 67.1 Å². The fourth-order valence-electron chi connectivity index (χ4n) is 5.14. The number of benzene rings is 4. The van der Waals surface area contributed by atoms with E-state index in [1.165, 1.54) is 0 Å². The van der Waals surface area contributed by atoms with Crippen LogP contribution in [-0.2, 0) is 10.8 Å². The van der Waals surface area contributed by atoms with Crippen molar-refractivity contribution in [3.63, 3.8) is 0 Å². The summed E-state index contributed by atoms with van der Waals surface area (Å²) in [6.45, 7) is 13.1. The van der Waals surface area contributed by atoms with Crippen molar-refractivity contribution in [3.05, 3.63) is 109 Å². The highest BCUT2D eigenvalue weighted by Gasteiger charge is 2.25. The minimum absolute atomic E-state index is 0.194. The van der Waals surface area contributed by atoms with Crippen molar-refractivity contribution in [3.8, 4) is 33.6 Å². The molecule has 0 radical (unpaired) electrons. The summed E-state index contributed by atoms with van der Waals surface area (Å²) in [5.41, 5.74) is 9.36. The number of nitrogens with zero attached hydrogens (tertiary/aromatic N) is 4. The normalized spacial score (nSPS) is 12.2. The quantitative estimate of drug-likeness (QED) is 0.232. The van der Waals surface area contributed by atoms with E-state index >= 15 is 0 Å². The third kappa shape index (κ3) is 4.64. The molecule has 2 aromatic heterocycles. The second-order valence-electron chi connectivity index (χ2n) is 12.4. The molecule has 198 valence electrons. The molecular weight excluding hydrogens is 488 g/mol. The van der Waals surface area contributed by atoms with Gasteiger partial charge in [-0.2, -0.15) is 0 Å². The molecule has 0 N–H and O–H groups in total. The van der Waals surface area contributed by atoms with Crippen molar-refractivity contribution in [2.24, 2.45) is 0 Å². The predicted molar refractivity (Wildman–Crippen MR) is 166 cm³/mol. The summed E-state index contributed by atoms with van der Waals surface area (Å²) in [5, 5.41) is 1.03.